The molecule has 0 saturated heterocycles. The van der Waals surface area contributed by atoms with Crippen molar-refractivity contribution in [2.45, 2.75) is 71.4 Å². The van der Waals surface area contributed by atoms with Gasteiger partial charge in [-0.2, -0.15) is 5.10 Å². The Hall–Kier alpha value is -2.30. The summed E-state index contributed by atoms with van der Waals surface area (Å²) in [5.41, 5.74) is 5.84. The van der Waals surface area contributed by atoms with Gasteiger partial charge in [0.1, 0.15) is 0 Å². The molecule has 2 aromatic rings. The van der Waals surface area contributed by atoms with Crippen LogP contribution in [0.15, 0.2) is 24.3 Å². The lowest BCUT2D eigenvalue weighted by Crippen LogP contribution is -2.38. The number of carbonyl (C=O) groups is 1. The Morgan fingerprint density at radius 2 is 1.76 bits per heavy atom. The molecule has 1 saturated carbocycles. The van der Waals surface area contributed by atoms with Crippen LogP contribution < -0.4 is 4.90 Å². The maximum atomic E-state index is 13.5. The van der Waals surface area contributed by atoms with Crippen LogP contribution in [0.2, 0.25) is 0 Å². The first-order valence-electron chi connectivity index (χ1n) is 11.3. The number of hydrogen-bond donors (Lipinski definition) is 0. The molecule has 5 heteroatoms. The molecule has 4 rings (SSSR count). The van der Waals surface area contributed by atoms with Crippen LogP contribution in [0.25, 0.3) is 0 Å². The van der Waals surface area contributed by atoms with Crippen molar-refractivity contribution < 1.29 is 4.79 Å². The van der Waals surface area contributed by atoms with E-state index < -0.39 is 0 Å². The highest BCUT2D eigenvalue weighted by molar-refractivity contribution is 5.94. The lowest BCUT2D eigenvalue weighted by molar-refractivity contribution is 0.0661. The first-order valence-corrected chi connectivity index (χ1v) is 11.3. The summed E-state index contributed by atoms with van der Waals surface area (Å²) in [6, 6.07) is 8.52. The van der Waals surface area contributed by atoms with Gasteiger partial charge >= 0.3 is 0 Å². The van der Waals surface area contributed by atoms with E-state index in [1.807, 2.05) is 23.9 Å². The molecule has 1 amide bonds. The van der Waals surface area contributed by atoms with E-state index in [1.165, 1.54) is 36.2 Å². The van der Waals surface area contributed by atoms with Crippen LogP contribution in [0.5, 0.6) is 0 Å². The summed E-state index contributed by atoms with van der Waals surface area (Å²) in [7, 11) is 2.04. The van der Waals surface area contributed by atoms with Crippen LogP contribution in [-0.4, -0.2) is 39.7 Å². The molecule has 1 aromatic carbocycles. The molecular formula is C24H34N4O. The lowest BCUT2D eigenvalue weighted by Gasteiger charge is -2.29. The van der Waals surface area contributed by atoms with Crippen molar-refractivity contribution in [1.29, 1.82) is 0 Å². The number of rotatable bonds is 7. The Kier molecular flexibility index (Phi) is 5.93. The first-order chi connectivity index (χ1) is 14.1. The van der Waals surface area contributed by atoms with E-state index in [1.54, 1.807) is 0 Å². The summed E-state index contributed by atoms with van der Waals surface area (Å²) >= 11 is 0. The Morgan fingerprint density at radius 1 is 1.07 bits per heavy atom. The Balaban J connectivity index is 1.58. The number of aromatic nitrogens is 2. The van der Waals surface area contributed by atoms with Gasteiger partial charge in [-0.3, -0.25) is 9.48 Å². The third-order valence-electron chi connectivity index (χ3n) is 6.79. The summed E-state index contributed by atoms with van der Waals surface area (Å²) in [6.45, 7) is 6.92. The average Bonchev–Trinajstić information content (AvgIpc) is 3.48. The summed E-state index contributed by atoms with van der Waals surface area (Å²) in [5.74, 6) is 0.153. The highest BCUT2D eigenvalue weighted by atomic mass is 16.2. The molecule has 2 aliphatic carbocycles. The van der Waals surface area contributed by atoms with E-state index in [-0.39, 0.29) is 5.91 Å². The van der Waals surface area contributed by atoms with Gasteiger partial charge in [0.25, 0.3) is 5.91 Å². The lowest BCUT2D eigenvalue weighted by atomic mass is 10.1. The fraction of sp³-hybridized carbons (Fsp3) is 0.583. The summed E-state index contributed by atoms with van der Waals surface area (Å²) in [6.07, 6.45) is 8.08. The monoisotopic (exact) mass is 394 g/mol. The molecule has 29 heavy (non-hydrogen) atoms. The first kappa shape index (κ1) is 20.0. The molecule has 0 spiro atoms. The second-order valence-corrected chi connectivity index (χ2v) is 8.44. The quantitative estimate of drug-likeness (QED) is 0.701. The predicted octanol–water partition coefficient (Wildman–Crippen LogP) is 4.34. The van der Waals surface area contributed by atoms with Gasteiger partial charge in [-0.25, -0.2) is 0 Å². The number of fused-ring (bicyclic) bond motifs is 1. The molecule has 2 aliphatic rings. The van der Waals surface area contributed by atoms with Crippen molar-refractivity contribution in [1.82, 2.24) is 14.7 Å². The minimum atomic E-state index is 0.153. The summed E-state index contributed by atoms with van der Waals surface area (Å²) in [4.78, 5) is 18.0. The largest absolute Gasteiger partial charge is 0.372 e. The third-order valence-corrected chi connectivity index (χ3v) is 6.79. The standard InChI is InChI=1S/C24H34N4O/c1-4-27(5-2)19-15-13-18(14-16-19)24(29)28(20-9-6-7-10-20)17-22-21-11-8-12-23(21)26(3)25-22/h13-16,20H,4-12,17H2,1-3H3. The number of amides is 1. The minimum Gasteiger partial charge on any atom is -0.372 e. The summed E-state index contributed by atoms with van der Waals surface area (Å²) < 4.78 is 2.04. The van der Waals surface area contributed by atoms with Gasteiger partial charge in [-0.15, -0.1) is 0 Å². The van der Waals surface area contributed by atoms with Crippen LogP contribution in [0.4, 0.5) is 5.69 Å². The number of carbonyl (C=O) groups excluding carboxylic acids is 1. The van der Waals surface area contributed by atoms with Crippen LogP contribution in [0, 0.1) is 0 Å². The average molecular weight is 395 g/mol. The van der Waals surface area contributed by atoms with Gasteiger partial charge in [0.15, 0.2) is 0 Å². The number of benzene rings is 1. The second kappa shape index (κ2) is 8.60. The summed E-state index contributed by atoms with van der Waals surface area (Å²) in [5, 5.41) is 4.80. The second-order valence-electron chi connectivity index (χ2n) is 8.44. The van der Waals surface area contributed by atoms with Crippen molar-refractivity contribution >= 4 is 11.6 Å². The molecule has 1 fully saturated rings. The molecule has 156 valence electrons. The maximum Gasteiger partial charge on any atom is 0.254 e. The van der Waals surface area contributed by atoms with Crippen molar-refractivity contribution in [3.8, 4) is 0 Å². The fourth-order valence-corrected chi connectivity index (χ4v) is 5.14. The Labute approximate surface area is 174 Å². The Morgan fingerprint density at radius 3 is 2.41 bits per heavy atom. The molecule has 0 aliphatic heterocycles. The van der Waals surface area contributed by atoms with Crippen molar-refractivity contribution in [2.24, 2.45) is 7.05 Å². The number of nitrogens with zero attached hydrogens (tertiary/aromatic N) is 4. The molecule has 0 atom stereocenters. The highest BCUT2D eigenvalue weighted by Gasteiger charge is 2.30. The van der Waals surface area contributed by atoms with E-state index in [9.17, 15) is 4.79 Å². The van der Waals surface area contributed by atoms with Crippen molar-refractivity contribution in [3.63, 3.8) is 0 Å². The normalized spacial score (nSPS) is 16.2. The fourth-order valence-electron chi connectivity index (χ4n) is 5.14. The van der Waals surface area contributed by atoms with Gasteiger partial charge in [0.05, 0.1) is 12.2 Å². The molecule has 0 N–H and O–H groups in total. The predicted molar refractivity (Wildman–Crippen MR) is 117 cm³/mol. The smallest absolute Gasteiger partial charge is 0.254 e. The van der Waals surface area contributed by atoms with E-state index in [0.29, 0.717) is 12.6 Å². The van der Waals surface area contributed by atoms with E-state index in [2.05, 4.69) is 35.8 Å². The number of anilines is 1. The zero-order chi connectivity index (χ0) is 20.4. The zero-order valence-corrected chi connectivity index (χ0v) is 18.2. The van der Waals surface area contributed by atoms with E-state index in [4.69, 9.17) is 5.10 Å². The third kappa shape index (κ3) is 3.92. The molecule has 1 aromatic heterocycles. The topological polar surface area (TPSA) is 41.4 Å². The Bertz CT molecular complexity index is 845. The minimum absolute atomic E-state index is 0.153. The van der Waals surface area contributed by atoms with Gasteiger partial charge in [-0.1, -0.05) is 12.8 Å². The van der Waals surface area contributed by atoms with Gasteiger partial charge in [-0.05, 0) is 75.8 Å². The molecule has 1 heterocycles. The molecule has 0 bridgehead atoms. The molecule has 0 unspecified atom stereocenters. The zero-order valence-electron chi connectivity index (χ0n) is 18.2. The number of aryl methyl sites for hydroxylation is 1. The van der Waals surface area contributed by atoms with Crippen molar-refractivity contribution in [3.05, 3.63) is 46.8 Å². The number of hydrogen-bond acceptors (Lipinski definition) is 3. The van der Waals surface area contributed by atoms with Gasteiger partial charge in [0, 0.05) is 43.1 Å². The van der Waals surface area contributed by atoms with E-state index >= 15 is 0 Å². The van der Waals surface area contributed by atoms with Gasteiger partial charge in [0.2, 0.25) is 0 Å². The highest BCUT2D eigenvalue weighted by Crippen LogP contribution is 2.30. The maximum absolute atomic E-state index is 13.5. The van der Waals surface area contributed by atoms with Crippen molar-refractivity contribution in [2.75, 3.05) is 18.0 Å². The molecule has 5 nitrogen and oxygen atoms in total. The van der Waals surface area contributed by atoms with Gasteiger partial charge < -0.3 is 9.80 Å². The molecular weight excluding hydrogens is 360 g/mol. The van der Waals surface area contributed by atoms with Crippen LogP contribution >= 0.6 is 0 Å². The van der Waals surface area contributed by atoms with Crippen LogP contribution in [-0.2, 0) is 26.4 Å². The van der Waals surface area contributed by atoms with E-state index in [0.717, 1.165) is 50.0 Å². The molecule has 0 radical (unpaired) electrons. The SMILES string of the molecule is CCN(CC)c1ccc(C(=O)N(Cc2nn(C)c3c2CCC3)C2CCCC2)cc1. The van der Waals surface area contributed by atoms with Crippen LogP contribution in [0.1, 0.15) is 73.3 Å². The van der Waals surface area contributed by atoms with Crippen LogP contribution in [0.3, 0.4) is 0 Å².